The fourth-order valence-electron chi connectivity index (χ4n) is 3.06. The van der Waals surface area contributed by atoms with Crippen LogP contribution in [-0.2, 0) is 17.6 Å². The van der Waals surface area contributed by atoms with Crippen LogP contribution in [-0.4, -0.2) is 12.5 Å². The third kappa shape index (κ3) is 7.35. The molecular formula is C26H19Br2F3N2O3. The molecule has 3 rings (SSSR count). The minimum absolute atomic E-state index is 0.0817. The first-order chi connectivity index (χ1) is 17.1. The lowest BCUT2D eigenvalue weighted by Crippen LogP contribution is -2.14. The van der Waals surface area contributed by atoms with Crippen LogP contribution in [0.4, 0.5) is 18.9 Å². The maximum Gasteiger partial charge on any atom is 0.416 e. The Hall–Kier alpha value is -3.29. The number of hydrogen-bond acceptors (Lipinski definition) is 4. The third-order valence-electron chi connectivity index (χ3n) is 4.78. The second kappa shape index (κ2) is 12.1. The fourth-order valence-corrected chi connectivity index (χ4v) is 3.76. The molecule has 1 N–H and O–H groups in total. The first-order valence-corrected chi connectivity index (χ1v) is 12.1. The van der Waals surface area contributed by atoms with Gasteiger partial charge in [-0.2, -0.15) is 18.4 Å². The summed E-state index contributed by atoms with van der Waals surface area (Å²) in [6.45, 7) is 2.44. The highest BCUT2D eigenvalue weighted by Crippen LogP contribution is 2.36. The van der Waals surface area contributed by atoms with Gasteiger partial charge in [-0.25, -0.2) is 0 Å². The lowest BCUT2D eigenvalue weighted by atomic mass is 10.1. The van der Waals surface area contributed by atoms with E-state index in [1.807, 2.05) is 24.3 Å². The number of hydrogen-bond donors (Lipinski definition) is 1. The van der Waals surface area contributed by atoms with Crippen LogP contribution in [0, 0.1) is 11.3 Å². The fraction of sp³-hybridized carbons (Fsp3) is 0.154. The van der Waals surface area contributed by atoms with E-state index in [0.29, 0.717) is 28.1 Å². The van der Waals surface area contributed by atoms with Crippen LogP contribution in [0.3, 0.4) is 0 Å². The quantitative estimate of drug-likeness (QED) is 0.206. The third-order valence-corrected chi connectivity index (χ3v) is 6.00. The van der Waals surface area contributed by atoms with Crippen molar-refractivity contribution in [1.82, 2.24) is 0 Å². The van der Waals surface area contributed by atoms with Crippen LogP contribution in [0.2, 0.25) is 0 Å². The van der Waals surface area contributed by atoms with Crippen LogP contribution >= 0.6 is 31.9 Å². The molecule has 36 heavy (non-hydrogen) atoms. The van der Waals surface area contributed by atoms with Crippen molar-refractivity contribution in [3.63, 3.8) is 0 Å². The first kappa shape index (κ1) is 27.3. The van der Waals surface area contributed by atoms with Crippen molar-refractivity contribution in [1.29, 1.82) is 5.26 Å². The van der Waals surface area contributed by atoms with Crippen molar-refractivity contribution in [3.8, 4) is 17.6 Å². The smallest absolute Gasteiger partial charge is 0.416 e. The Morgan fingerprint density at radius 1 is 1.06 bits per heavy atom. The molecule has 0 aromatic heterocycles. The molecule has 0 saturated heterocycles. The molecule has 0 heterocycles. The Morgan fingerprint density at radius 3 is 2.39 bits per heavy atom. The van der Waals surface area contributed by atoms with Crippen LogP contribution in [0.25, 0.3) is 6.08 Å². The molecule has 0 aliphatic carbocycles. The number of nitrogens with one attached hydrogen (secondary N) is 1. The van der Waals surface area contributed by atoms with Crippen molar-refractivity contribution in [3.05, 3.63) is 91.9 Å². The maximum atomic E-state index is 13.0. The number of rotatable bonds is 8. The van der Waals surface area contributed by atoms with Crippen molar-refractivity contribution in [2.75, 3.05) is 11.9 Å². The Bertz CT molecular complexity index is 1320. The summed E-state index contributed by atoms with van der Waals surface area (Å²) in [5.41, 5.74) is 0.0930. The van der Waals surface area contributed by atoms with Crippen LogP contribution in [0.1, 0.15) is 23.6 Å². The Morgan fingerprint density at radius 2 is 1.75 bits per heavy atom. The number of halogens is 5. The van der Waals surface area contributed by atoms with E-state index in [1.165, 1.54) is 18.2 Å². The summed E-state index contributed by atoms with van der Waals surface area (Å²) in [6, 6.07) is 16.9. The molecule has 0 saturated carbocycles. The number of amides is 1. The highest BCUT2D eigenvalue weighted by atomic mass is 79.9. The van der Waals surface area contributed by atoms with Gasteiger partial charge in [-0.3, -0.25) is 4.79 Å². The summed E-state index contributed by atoms with van der Waals surface area (Å²) in [5, 5.41) is 11.9. The molecule has 0 aliphatic heterocycles. The summed E-state index contributed by atoms with van der Waals surface area (Å²) >= 11 is 6.81. The van der Waals surface area contributed by atoms with Gasteiger partial charge in [0.15, 0.2) is 11.5 Å². The molecule has 0 atom stereocenters. The predicted molar refractivity (Wildman–Crippen MR) is 137 cm³/mol. The Balaban J connectivity index is 1.84. The standard InChI is InChI=1S/C26H19Br2F3N2O3/c1-2-35-23-11-17(22(28)13-24(23)36-15-16-6-8-20(27)9-7-16)10-18(14-32)25(34)33-21-5-3-4-19(12-21)26(29,30)31/h3-13H,2,15H2,1H3,(H,33,34)/b18-10+. The molecule has 0 spiro atoms. The van der Waals surface area contributed by atoms with Gasteiger partial charge in [-0.05, 0) is 66.6 Å². The zero-order valence-corrected chi connectivity index (χ0v) is 22.0. The maximum absolute atomic E-state index is 13.0. The molecular weight excluding hydrogens is 605 g/mol. The second-order valence-electron chi connectivity index (χ2n) is 7.37. The van der Waals surface area contributed by atoms with Crippen molar-refractivity contribution in [2.24, 2.45) is 0 Å². The Kier molecular flexibility index (Phi) is 9.18. The molecule has 0 unspecified atom stereocenters. The van der Waals surface area contributed by atoms with Gasteiger partial charge in [-0.1, -0.05) is 50.1 Å². The van der Waals surface area contributed by atoms with Gasteiger partial charge in [-0.15, -0.1) is 0 Å². The van der Waals surface area contributed by atoms with Gasteiger partial charge < -0.3 is 14.8 Å². The molecule has 0 fully saturated rings. The van der Waals surface area contributed by atoms with E-state index in [2.05, 4.69) is 37.2 Å². The highest BCUT2D eigenvalue weighted by molar-refractivity contribution is 9.10. The van der Waals surface area contributed by atoms with Gasteiger partial charge in [0.25, 0.3) is 5.91 Å². The topological polar surface area (TPSA) is 71.3 Å². The number of anilines is 1. The van der Waals surface area contributed by atoms with Crippen molar-refractivity contribution >= 4 is 49.5 Å². The summed E-state index contributed by atoms with van der Waals surface area (Å²) in [5.74, 6) is 0.00704. The number of nitriles is 1. The van der Waals surface area contributed by atoms with Gasteiger partial charge in [0.05, 0.1) is 12.2 Å². The van der Waals surface area contributed by atoms with E-state index in [1.54, 1.807) is 25.1 Å². The minimum atomic E-state index is -4.56. The van der Waals surface area contributed by atoms with Gasteiger partial charge in [0.1, 0.15) is 18.2 Å². The SMILES string of the molecule is CCOc1cc(/C=C(\C#N)C(=O)Nc2cccc(C(F)(F)F)c2)c(Br)cc1OCc1ccc(Br)cc1. The minimum Gasteiger partial charge on any atom is -0.490 e. The molecule has 3 aromatic rings. The number of ether oxygens (including phenoxy) is 2. The van der Waals surface area contributed by atoms with E-state index in [9.17, 15) is 23.2 Å². The van der Waals surface area contributed by atoms with E-state index in [-0.39, 0.29) is 17.9 Å². The zero-order valence-electron chi connectivity index (χ0n) is 18.8. The number of alkyl halides is 3. The van der Waals surface area contributed by atoms with Crippen LogP contribution < -0.4 is 14.8 Å². The normalized spacial score (nSPS) is 11.5. The molecule has 1 amide bonds. The van der Waals surface area contributed by atoms with Crippen molar-refractivity contribution in [2.45, 2.75) is 19.7 Å². The van der Waals surface area contributed by atoms with Gasteiger partial charge in [0.2, 0.25) is 0 Å². The van der Waals surface area contributed by atoms with Crippen LogP contribution in [0.5, 0.6) is 11.5 Å². The summed E-state index contributed by atoms with van der Waals surface area (Å²) in [7, 11) is 0. The van der Waals surface area contributed by atoms with Gasteiger partial charge in [0, 0.05) is 14.6 Å². The summed E-state index contributed by atoms with van der Waals surface area (Å²) in [6.07, 6.45) is -3.25. The molecule has 0 radical (unpaired) electrons. The largest absolute Gasteiger partial charge is 0.490 e. The lowest BCUT2D eigenvalue weighted by Gasteiger charge is -2.14. The molecule has 3 aromatic carbocycles. The monoisotopic (exact) mass is 622 g/mol. The molecule has 0 aliphatic rings. The van der Waals surface area contributed by atoms with Crippen LogP contribution in [0.15, 0.2) is 75.2 Å². The first-order valence-electron chi connectivity index (χ1n) is 10.5. The molecule has 0 bridgehead atoms. The number of nitrogens with zero attached hydrogens (tertiary/aromatic N) is 1. The zero-order chi connectivity index (χ0) is 26.3. The number of benzene rings is 3. The average molecular weight is 624 g/mol. The lowest BCUT2D eigenvalue weighted by molar-refractivity contribution is -0.137. The average Bonchev–Trinajstić information content (AvgIpc) is 2.83. The molecule has 186 valence electrons. The van der Waals surface area contributed by atoms with E-state index < -0.39 is 17.6 Å². The second-order valence-corrected chi connectivity index (χ2v) is 9.14. The van der Waals surface area contributed by atoms with E-state index in [0.717, 1.165) is 22.2 Å². The molecule has 10 heteroatoms. The molecule has 5 nitrogen and oxygen atoms in total. The number of carbonyl (C=O) groups is 1. The predicted octanol–water partition coefficient (Wildman–Crippen LogP) is 7.75. The van der Waals surface area contributed by atoms with Gasteiger partial charge >= 0.3 is 6.18 Å². The summed E-state index contributed by atoms with van der Waals surface area (Å²) in [4.78, 5) is 12.6. The summed E-state index contributed by atoms with van der Waals surface area (Å²) < 4.78 is 51.9. The highest BCUT2D eigenvalue weighted by Gasteiger charge is 2.30. The number of carbonyl (C=O) groups excluding carboxylic acids is 1. The Labute approximate surface area is 222 Å². The van der Waals surface area contributed by atoms with Crippen molar-refractivity contribution < 1.29 is 27.4 Å². The van der Waals surface area contributed by atoms with E-state index in [4.69, 9.17) is 9.47 Å². The van der Waals surface area contributed by atoms with E-state index >= 15 is 0 Å².